The molecule has 4 rings (SSSR count). The smallest absolute Gasteiger partial charge is 0.416 e. The van der Waals surface area contributed by atoms with Gasteiger partial charge in [0, 0.05) is 23.9 Å². The van der Waals surface area contributed by atoms with Crippen molar-refractivity contribution in [2.24, 2.45) is 0 Å². The number of hydrogen-bond acceptors (Lipinski definition) is 2. The molecule has 0 aliphatic heterocycles. The fourth-order valence-electron chi connectivity index (χ4n) is 3.12. The van der Waals surface area contributed by atoms with E-state index in [1.54, 1.807) is 18.2 Å². The molecule has 2 nitrogen and oxygen atoms in total. The summed E-state index contributed by atoms with van der Waals surface area (Å²) < 4.78 is 57.9. The van der Waals surface area contributed by atoms with Crippen LogP contribution in [0.5, 0.6) is 11.5 Å². The van der Waals surface area contributed by atoms with Crippen molar-refractivity contribution in [3.8, 4) is 11.5 Å². The van der Waals surface area contributed by atoms with Gasteiger partial charge in [0.1, 0.15) is 17.3 Å². The minimum atomic E-state index is -4.56. The van der Waals surface area contributed by atoms with Crippen LogP contribution in [0.3, 0.4) is 0 Å². The molecular formula is C23H19F4NO. The first-order chi connectivity index (χ1) is 13.9. The van der Waals surface area contributed by atoms with Crippen molar-refractivity contribution in [2.75, 3.05) is 5.32 Å². The van der Waals surface area contributed by atoms with Gasteiger partial charge in [-0.15, -0.1) is 0 Å². The Kier molecular flexibility index (Phi) is 5.18. The molecule has 1 aliphatic carbocycles. The summed E-state index contributed by atoms with van der Waals surface area (Å²) in [5, 5.41) is 3.02. The summed E-state index contributed by atoms with van der Waals surface area (Å²) in [6.07, 6.45) is -2.14. The number of anilines is 1. The SMILES string of the molecule is Fc1cc(C(F)(F)F)ccc1CNc1cccc(Oc2cccc(C3CC3)c2)c1. The van der Waals surface area contributed by atoms with Crippen molar-refractivity contribution in [2.45, 2.75) is 31.5 Å². The predicted octanol–water partition coefficient (Wildman–Crippen LogP) is 7.13. The third-order valence-electron chi connectivity index (χ3n) is 4.84. The van der Waals surface area contributed by atoms with Gasteiger partial charge in [-0.05, 0) is 60.7 Å². The summed E-state index contributed by atoms with van der Waals surface area (Å²) in [4.78, 5) is 0. The Bertz CT molecular complexity index is 1010. The van der Waals surface area contributed by atoms with E-state index in [0.717, 1.165) is 17.9 Å². The van der Waals surface area contributed by atoms with E-state index in [0.29, 0.717) is 23.4 Å². The minimum absolute atomic E-state index is 0.0601. The maximum atomic E-state index is 14.0. The molecule has 0 unspecified atom stereocenters. The van der Waals surface area contributed by atoms with E-state index in [2.05, 4.69) is 11.4 Å². The highest BCUT2D eigenvalue weighted by Gasteiger charge is 2.31. The van der Waals surface area contributed by atoms with E-state index < -0.39 is 17.6 Å². The summed E-state index contributed by atoms with van der Waals surface area (Å²) in [6.45, 7) is 0.0601. The van der Waals surface area contributed by atoms with Gasteiger partial charge in [0.25, 0.3) is 0 Å². The standard InChI is InChI=1S/C23H19F4NO/c24-22-12-18(23(25,26)27)10-9-17(22)14-28-19-4-2-6-21(13-19)29-20-5-1-3-16(11-20)15-7-8-15/h1-6,9-13,15,28H,7-8,14H2. The third-order valence-corrected chi connectivity index (χ3v) is 4.84. The van der Waals surface area contributed by atoms with Gasteiger partial charge >= 0.3 is 6.18 Å². The van der Waals surface area contributed by atoms with Crippen molar-refractivity contribution in [1.29, 1.82) is 0 Å². The normalized spacial score (nSPS) is 13.9. The molecular weight excluding hydrogens is 382 g/mol. The average Bonchev–Trinajstić information content (AvgIpc) is 3.52. The Morgan fingerprint density at radius 2 is 1.62 bits per heavy atom. The molecule has 0 aromatic heterocycles. The molecule has 0 heterocycles. The van der Waals surface area contributed by atoms with E-state index in [4.69, 9.17) is 4.74 Å². The maximum absolute atomic E-state index is 14.0. The molecule has 0 amide bonds. The number of halogens is 4. The molecule has 1 N–H and O–H groups in total. The number of nitrogens with one attached hydrogen (secondary N) is 1. The van der Waals surface area contributed by atoms with Crippen LogP contribution in [-0.4, -0.2) is 0 Å². The van der Waals surface area contributed by atoms with Crippen LogP contribution in [-0.2, 0) is 12.7 Å². The van der Waals surface area contributed by atoms with Crippen LogP contribution in [0.4, 0.5) is 23.2 Å². The highest BCUT2D eigenvalue weighted by atomic mass is 19.4. The van der Waals surface area contributed by atoms with Gasteiger partial charge in [0.05, 0.1) is 5.56 Å². The molecule has 0 bridgehead atoms. The Morgan fingerprint density at radius 3 is 2.31 bits per heavy atom. The van der Waals surface area contributed by atoms with Crippen molar-refractivity contribution < 1.29 is 22.3 Å². The van der Waals surface area contributed by atoms with Crippen LogP contribution < -0.4 is 10.1 Å². The van der Waals surface area contributed by atoms with Gasteiger partial charge in [-0.25, -0.2) is 4.39 Å². The maximum Gasteiger partial charge on any atom is 0.416 e. The Balaban J connectivity index is 1.42. The summed E-state index contributed by atoms with van der Waals surface area (Å²) in [5.74, 6) is 1.11. The largest absolute Gasteiger partial charge is 0.457 e. The molecule has 150 valence electrons. The second kappa shape index (κ2) is 7.78. The van der Waals surface area contributed by atoms with Crippen molar-refractivity contribution in [1.82, 2.24) is 0 Å². The number of rotatable bonds is 6. The van der Waals surface area contributed by atoms with Gasteiger partial charge in [0.2, 0.25) is 0 Å². The zero-order valence-electron chi connectivity index (χ0n) is 15.5. The number of alkyl halides is 3. The van der Waals surface area contributed by atoms with Crippen LogP contribution >= 0.6 is 0 Å². The third kappa shape index (κ3) is 4.88. The molecule has 0 spiro atoms. The zero-order chi connectivity index (χ0) is 20.4. The highest BCUT2D eigenvalue weighted by molar-refractivity contribution is 5.50. The fourth-order valence-corrected chi connectivity index (χ4v) is 3.12. The first kappa shape index (κ1) is 19.3. The van der Waals surface area contributed by atoms with Gasteiger partial charge in [0.15, 0.2) is 0 Å². The first-order valence-electron chi connectivity index (χ1n) is 9.36. The lowest BCUT2D eigenvalue weighted by molar-refractivity contribution is -0.137. The van der Waals surface area contributed by atoms with Crippen molar-refractivity contribution in [3.05, 3.63) is 89.2 Å². The molecule has 1 fully saturated rings. The molecule has 3 aromatic rings. The van der Waals surface area contributed by atoms with Crippen LogP contribution in [0.15, 0.2) is 66.7 Å². The lowest BCUT2D eigenvalue weighted by Gasteiger charge is -2.12. The van der Waals surface area contributed by atoms with Crippen molar-refractivity contribution >= 4 is 5.69 Å². The lowest BCUT2D eigenvalue weighted by atomic mass is 10.1. The first-order valence-corrected chi connectivity index (χ1v) is 9.36. The molecule has 6 heteroatoms. The van der Waals surface area contributed by atoms with Gasteiger partial charge < -0.3 is 10.1 Å². The van der Waals surface area contributed by atoms with Crippen LogP contribution in [0.25, 0.3) is 0 Å². The Morgan fingerprint density at radius 1 is 0.897 bits per heavy atom. The van der Waals surface area contributed by atoms with E-state index >= 15 is 0 Å². The monoisotopic (exact) mass is 401 g/mol. The number of ether oxygens (including phenoxy) is 1. The quantitative estimate of drug-likeness (QED) is 0.444. The fraction of sp³-hybridized carbons (Fsp3) is 0.217. The molecule has 3 aromatic carbocycles. The Hall–Kier alpha value is -3.02. The van der Waals surface area contributed by atoms with Crippen LogP contribution in [0.1, 0.15) is 35.4 Å². The van der Waals surface area contributed by atoms with Crippen molar-refractivity contribution in [3.63, 3.8) is 0 Å². The van der Waals surface area contributed by atoms with E-state index in [-0.39, 0.29) is 12.1 Å². The predicted molar refractivity (Wildman–Crippen MR) is 104 cm³/mol. The van der Waals surface area contributed by atoms with E-state index in [1.165, 1.54) is 18.4 Å². The summed E-state index contributed by atoms with van der Waals surface area (Å²) >= 11 is 0. The van der Waals surface area contributed by atoms with E-state index in [1.807, 2.05) is 24.3 Å². The van der Waals surface area contributed by atoms with Crippen LogP contribution in [0.2, 0.25) is 0 Å². The molecule has 1 saturated carbocycles. The summed E-state index contributed by atoms with van der Waals surface area (Å²) in [5.41, 5.74) is 1.11. The summed E-state index contributed by atoms with van der Waals surface area (Å²) in [7, 11) is 0. The number of benzene rings is 3. The number of hydrogen-bond donors (Lipinski definition) is 1. The molecule has 29 heavy (non-hydrogen) atoms. The van der Waals surface area contributed by atoms with E-state index in [9.17, 15) is 17.6 Å². The van der Waals surface area contributed by atoms with Crippen LogP contribution in [0, 0.1) is 5.82 Å². The molecule has 0 saturated heterocycles. The second-order valence-electron chi connectivity index (χ2n) is 7.13. The second-order valence-corrected chi connectivity index (χ2v) is 7.13. The molecule has 1 aliphatic rings. The zero-order valence-corrected chi connectivity index (χ0v) is 15.5. The minimum Gasteiger partial charge on any atom is -0.457 e. The van der Waals surface area contributed by atoms with Gasteiger partial charge in [-0.1, -0.05) is 24.3 Å². The summed E-state index contributed by atoms with van der Waals surface area (Å²) in [6, 6.07) is 17.7. The Labute approximate surface area is 166 Å². The highest BCUT2D eigenvalue weighted by Crippen LogP contribution is 2.41. The lowest BCUT2D eigenvalue weighted by Crippen LogP contribution is -2.08. The molecule has 0 radical (unpaired) electrons. The average molecular weight is 401 g/mol. The van der Waals surface area contributed by atoms with Gasteiger partial charge in [-0.3, -0.25) is 0 Å². The molecule has 0 atom stereocenters. The van der Waals surface area contributed by atoms with Gasteiger partial charge in [-0.2, -0.15) is 13.2 Å². The topological polar surface area (TPSA) is 21.3 Å².